The van der Waals surface area contributed by atoms with Crippen LogP contribution >= 0.6 is 11.6 Å². The second-order valence-corrected chi connectivity index (χ2v) is 5.66. The molecule has 2 N–H and O–H groups in total. The van der Waals surface area contributed by atoms with Gasteiger partial charge in [0.25, 0.3) is 0 Å². The van der Waals surface area contributed by atoms with E-state index in [9.17, 15) is 4.79 Å². The molecule has 114 valence electrons. The average Bonchev–Trinajstić information content (AvgIpc) is 3.04. The van der Waals surface area contributed by atoms with Crippen molar-refractivity contribution in [2.75, 3.05) is 11.9 Å². The van der Waals surface area contributed by atoms with Crippen molar-refractivity contribution in [2.24, 2.45) is 0 Å². The largest absolute Gasteiger partial charge is 0.457 e. The molecule has 0 bridgehead atoms. The monoisotopic (exact) mass is 316 g/mol. The van der Waals surface area contributed by atoms with E-state index in [-0.39, 0.29) is 11.9 Å². The zero-order valence-corrected chi connectivity index (χ0v) is 12.8. The highest BCUT2D eigenvalue weighted by Gasteiger charge is 2.21. The van der Waals surface area contributed by atoms with Gasteiger partial charge in [0.05, 0.1) is 6.04 Å². The SMILES string of the molecule is O=C(Nc1ccc(Oc2cccc(Cl)c2)cc1)[C@@H]1CCCN1. The van der Waals surface area contributed by atoms with Crippen LogP contribution in [0.3, 0.4) is 0 Å². The fourth-order valence-electron chi connectivity index (χ4n) is 2.41. The molecule has 1 amide bonds. The molecule has 4 nitrogen and oxygen atoms in total. The van der Waals surface area contributed by atoms with E-state index < -0.39 is 0 Å². The van der Waals surface area contributed by atoms with Gasteiger partial charge in [-0.15, -0.1) is 0 Å². The van der Waals surface area contributed by atoms with Crippen LogP contribution in [-0.2, 0) is 4.79 Å². The van der Waals surface area contributed by atoms with E-state index in [0.717, 1.165) is 25.1 Å². The standard InChI is InChI=1S/C17H17ClN2O2/c18-12-3-1-4-15(11-12)22-14-8-6-13(7-9-14)20-17(21)16-5-2-10-19-16/h1,3-4,6-9,11,16,19H,2,5,10H2,(H,20,21)/t16-/m0/s1. The van der Waals surface area contributed by atoms with Crippen molar-refractivity contribution in [1.29, 1.82) is 0 Å². The third kappa shape index (κ3) is 3.78. The van der Waals surface area contributed by atoms with E-state index >= 15 is 0 Å². The number of carbonyl (C=O) groups is 1. The summed E-state index contributed by atoms with van der Waals surface area (Å²) in [6.45, 7) is 0.907. The molecule has 0 radical (unpaired) electrons. The Morgan fingerprint density at radius 1 is 1.18 bits per heavy atom. The number of benzene rings is 2. The van der Waals surface area contributed by atoms with E-state index in [4.69, 9.17) is 16.3 Å². The van der Waals surface area contributed by atoms with Crippen LogP contribution in [0.25, 0.3) is 0 Å². The first kappa shape index (κ1) is 14.9. The van der Waals surface area contributed by atoms with Crippen molar-refractivity contribution in [3.05, 3.63) is 53.6 Å². The summed E-state index contributed by atoms with van der Waals surface area (Å²) in [5.41, 5.74) is 0.761. The molecule has 22 heavy (non-hydrogen) atoms. The lowest BCUT2D eigenvalue weighted by molar-refractivity contribution is -0.117. The molecule has 2 aromatic carbocycles. The van der Waals surface area contributed by atoms with E-state index in [1.54, 1.807) is 12.1 Å². The van der Waals surface area contributed by atoms with Gasteiger partial charge >= 0.3 is 0 Å². The fourth-order valence-corrected chi connectivity index (χ4v) is 2.59. The second kappa shape index (κ2) is 6.81. The number of ether oxygens (including phenoxy) is 1. The maximum absolute atomic E-state index is 12.0. The highest BCUT2D eigenvalue weighted by Crippen LogP contribution is 2.25. The smallest absolute Gasteiger partial charge is 0.241 e. The lowest BCUT2D eigenvalue weighted by Gasteiger charge is -2.12. The minimum absolute atomic E-state index is 0.0148. The Hall–Kier alpha value is -2.04. The highest BCUT2D eigenvalue weighted by molar-refractivity contribution is 6.30. The quantitative estimate of drug-likeness (QED) is 0.901. The van der Waals surface area contributed by atoms with Crippen LogP contribution in [0.5, 0.6) is 11.5 Å². The van der Waals surface area contributed by atoms with Crippen LogP contribution in [0.15, 0.2) is 48.5 Å². The maximum Gasteiger partial charge on any atom is 0.241 e. The summed E-state index contributed by atoms with van der Waals surface area (Å²) in [4.78, 5) is 12.0. The molecule has 1 heterocycles. The Morgan fingerprint density at radius 2 is 2.00 bits per heavy atom. The van der Waals surface area contributed by atoms with Crippen molar-refractivity contribution in [2.45, 2.75) is 18.9 Å². The van der Waals surface area contributed by atoms with Crippen molar-refractivity contribution in [1.82, 2.24) is 5.32 Å². The lowest BCUT2D eigenvalue weighted by Crippen LogP contribution is -2.35. The minimum Gasteiger partial charge on any atom is -0.457 e. The first-order chi connectivity index (χ1) is 10.7. The Morgan fingerprint density at radius 3 is 2.68 bits per heavy atom. The molecular formula is C17H17ClN2O2. The van der Waals surface area contributed by atoms with Gasteiger partial charge in [0.2, 0.25) is 5.91 Å². The average molecular weight is 317 g/mol. The Labute approximate surface area is 134 Å². The van der Waals surface area contributed by atoms with Crippen LogP contribution < -0.4 is 15.4 Å². The summed E-state index contributed by atoms with van der Waals surface area (Å²) in [7, 11) is 0. The van der Waals surface area contributed by atoms with Crippen LogP contribution in [-0.4, -0.2) is 18.5 Å². The van der Waals surface area contributed by atoms with Gasteiger partial charge in [-0.1, -0.05) is 17.7 Å². The molecule has 0 aromatic heterocycles. The summed E-state index contributed by atoms with van der Waals surface area (Å²) in [6.07, 6.45) is 1.94. The van der Waals surface area contributed by atoms with Crippen LogP contribution in [0.2, 0.25) is 5.02 Å². The van der Waals surface area contributed by atoms with Crippen molar-refractivity contribution in [3.8, 4) is 11.5 Å². The molecule has 0 spiro atoms. The number of hydrogen-bond acceptors (Lipinski definition) is 3. The number of halogens is 1. The van der Waals surface area contributed by atoms with Gasteiger partial charge in [-0.05, 0) is 61.9 Å². The first-order valence-electron chi connectivity index (χ1n) is 7.28. The van der Waals surface area contributed by atoms with Crippen LogP contribution in [0, 0.1) is 0 Å². The summed E-state index contributed by atoms with van der Waals surface area (Å²) < 4.78 is 5.71. The van der Waals surface area contributed by atoms with Crippen LogP contribution in [0.4, 0.5) is 5.69 Å². The molecule has 1 atom stereocenters. The Balaban J connectivity index is 1.61. The zero-order valence-electron chi connectivity index (χ0n) is 12.0. The number of rotatable bonds is 4. The van der Waals surface area contributed by atoms with Gasteiger partial charge in [-0.3, -0.25) is 4.79 Å². The van der Waals surface area contributed by atoms with Gasteiger partial charge in [-0.2, -0.15) is 0 Å². The molecule has 3 rings (SSSR count). The fraction of sp³-hybridized carbons (Fsp3) is 0.235. The predicted octanol–water partition coefficient (Wildman–Crippen LogP) is 3.82. The molecule has 0 unspecified atom stereocenters. The molecule has 0 aliphatic carbocycles. The molecule has 2 aromatic rings. The van der Waals surface area contributed by atoms with Gasteiger partial charge in [0.15, 0.2) is 0 Å². The van der Waals surface area contributed by atoms with E-state index in [2.05, 4.69) is 10.6 Å². The number of nitrogens with one attached hydrogen (secondary N) is 2. The topological polar surface area (TPSA) is 50.4 Å². The summed E-state index contributed by atoms with van der Waals surface area (Å²) >= 11 is 5.92. The molecule has 1 fully saturated rings. The number of amides is 1. The van der Waals surface area contributed by atoms with E-state index in [1.165, 1.54) is 0 Å². The maximum atomic E-state index is 12.0. The molecular weight excluding hydrogens is 300 g/mol. The molecule has 1 saturated heterocycles. The summed E-state index contributed by atoms with van der Waals surface area (Å²) in [5, 5.41) is 6.71. The number of anilines is 1. The Bertz CT molecular complexity index is 652. The van der Waals surface area contributed by atoms with E-state index in [1.807, 2.05) is 36.4 Å². The second-order valence-electron chi connectivity index (χ2n) is 5.22. The molecule has 0 saturated carbocycles. The van der Waals surface area contributed by atoms with Gasteiger partial charge in [0, 0.05) is 10.7 Å². The molecule has 1 aliphatic heterocycles. The minimum atomic E-state index is -0.0811. The van der Waals surface area contributed by atoms with Crippen LogP contribution in [0.1, 0.15) is 12.8 Å². The zero-order chi connectivity index (χ0) is 15.4. The normalized spacial score (nSPS) is 17.2. The lowest BCUT2D eigenvalue weighted by atomic mass is 10.2. The van der Waals surface area contributed by atoms with Crippen molar-refractivity contribution in [3.63, 3.8) is 0 Å². The summed E-state index contributed by atoms with van der Waals surface area (Å²) in [5.74, 6) is 1.39. The molecule has 5 heteroatoms. The summed E-state index contributed by atoms with van der Waals surface area (Å²) in [6, 6.07) is 14.4. The highest BCUT2D eigenvalue weighted by atomic mass is 35.5. The first-order valence-corrected chi connectivity index (χ1v) is 7.66. The predicted molar refractivity (Wildman–Crippen MR) is 87.6 cm³/mol. The van der Waals surface area contributed by atoms with Gasteiger partial charge in [-0.25, -0.2) is 0 Å². The van der Waals surface area contributed by atoms with Gasteiger partial charge in [0.1, 0.15) is 11.5 Å². The third-order valence-electron chi connectivity index (χ3n) is 3.53. The van der Waals surface area contributed by atoms with E-state index in [0.29, 0.717) is 16.5 Å². The molecule has 1 aliphatic rings. The van der Waals surface area contributed by atoms with Crippen molar-refractivity contribution < 1.29 is 9.53 Å². The third-order valence-corrected chi connectivity index (χ3v) is 3.77. The van der Waals surface area contributed by atoms with Gasteiger partial charge < -0.3 is 15.4 Å². The Kier molecular flexibility index (Phi) is 4.61. The number of carbonyl (C=O) groups excluding carboxylic acids is 1. The number of hydrogen-bond donors (Lipinski definition) is 2. The van der Waals surface area contributed by atoms with Crippen molar-refractivity contribution >= 4 is 23.2 Å².